The van der Waals surface area contributed by atoms with Gasteiger partial charge in [0.1, 0.15) is 12.6 Å². The Hall–Kier alpha value is -2.38. The third-order valence-corrected chi connectivity index (χ3v) is 2.14. The highest BCUT2D eigenvalue weighted by Gasteiger charge is 2.34. The summed E-state index contributed by atoms with van der Waals surface area (Å²) >= 11 is 0. The number of carbonyl (C=O) groups excluding carboxylic acids is 4. The fraction of sp³-hybridized carbons (Fsp3) is 0.455. The van der Waals surface area contributed by atoms with Crippen molar-refractivity contribution < 1.29 is 28.7 Å². The summed E-state index contributed by atoms with van der Waals surface area (Å²) in [5.74, 6) is -2.01. The minimum Gasteiger partial charge on any atom is -0.460 e. The Kier molecular flexibility index (Phi) is 5.04. The van der Waals surface area contributed by atoms with Crippen molar-refractivity contribution in [2.24, 2.45) is 0 Å². The molecule has 0 radical (unpaired) electrons. The van der Waals surface area contributed by atoms with E-state index in [0.717, 1.165) is 0 Å². The molecule has 19 heavy (non-hydrogen) atoms. The Morgan fingerprint density at radius 2 is 2.16 bits per heavy atom. The number of rotatable bonds is 5. The molecule has 1 fully saturated rings. The van der Waals surface area contributed by atoms with Gasteiger partial charge in [0.15, 0.2) is 0 Å². The van der Waals surface area contributed by atoms with Gasteiger partial charge < -0.3 is 20.1 Å². The number of ether oxygens (including phenoxy) is 2. The van der Waals surface area contributed by atoms with Crippen LogP contribution in [0.15, 0.2) is 12.2 Å². The lowest BCUT2D eigenvalue weighted by Gasteiger charge is -2.10. The number of amides is 2. The second-order valence-electron chi connectivity index (χ2n) is 3.87. The molecule has 0 aromatic carbocycles. The number of urea groups is 1. The first-order valence-corrected chi connectivity index (χ1v) is 5.51. The minimum atomic E-state index is -0.967. The van der Waals surface area contributed by atoms with Crippen LogP contribution in [-0.4, -0.2) is 43.1 Å². The average Bonchev–Trinajstić information content (AvgIpc) is 2.63. The molecule has 0 aromatic rings. The van der Waals surface area contributed by atoms with Crippen LogP contribution in [0.4, 0.5) is 4.79 Å². The summed E-state index contributed by atoms with van der Waals surface area (Å²) in [6.07, 6.45) is -0.184. The van der Waals surface area contributed by atoms with Gasteiger partial charge in [-0.15, -0.1) is 0 Å². The third kappa shape index (κ3) is 4.78. The quantitative estimate of drug-likeness (QED) is 0.294. The predicted molar refractivity (Wildman–Crippen MR) is 61.8 cm³/mol. The van der Waals surface area contributed by atoms with E-state index >= 15 is 0 Å². The van der Waals surface area contributed by atoms with Crippen molar-refractivity contribution in [1.82, 2.24) is 10.6 Å². The van der Waals surface area contributed by atoms with Gasteiger partial charge in [0.05, 0.1) is 13.0 Å². The molecule has 0 aliphatic carbocycles. The van der Waals surface area contributed by atoms with Crippen LogP contribution in [0, 0.1) is 0 Å². The van der Waals surface area contributed by atoms with Crippen molar-refractivity contribution >= 4 is 23.9 Å². The van der Waals surface area contributed by atoms with Gasteiger partial charge in [0, 0.05) is 5.57 Å². The summed E-state index contributed by atoms with van der Waals surface area (Å²) in [5.41, 5.74) is 0.261. The van der Waals surface area contributed by atoms with E-state index < -0.39 is 30.0 Å². The highest BCUT2D eigenvalue weighted by molar-refractivity contribution is 5.98. The monoisotopic (exact) mass is 270 g/mol. The van der Waals surface area contributed by atoms with E-state index in [9.17, 15) is 19.2 Å². The standard InChI is InChI=1S/C11H14N2O6/c1-6(2)9(15)18-4-3-12-11(17)13-7-5-8(14)19-10(7)16/h7H,1,3-5H2,2H3,(H2,12,13,17). The summed E-state index contributed by atoms with van der Waals surface area (Å²) < 4.78 is 8.99. The Bertz CT molecular complexity index is 431. The lowest BCUT2D eigenvalue weighted by Crippen LogP contribution is -2.45. The lowest BCUT2D eigenvalue weighted by atomic mass is 10.2. The summed E-state index contributed by atoms with van der Waals surface area (Å²) in [6, 6.07) is -1.62. The van der Waals surface area contributed by atoms with Gasteiger partial charge in [-0.25, -0.2) is 14.4 Å². The van der Waals surface area contributed by atoms with Crippen molar-refractivity contribution in [1.29, 1.82) is 0 Å². The molecule has 1 unspecified atom stereocenters. The van der Waals surface area contributed by atoms with Crippen LogP contribution in [0.25, 0.3) is 0 Å². The molecule has 8 nitrogen and oxygen atoms in total. The molecule has 8 heteroatoms. The summed E-state index contributed by atoms with van der Waals surface area (Å²) in [5, 5.41) is 4.63. The van der Waals surface area contributed by atoms with Gasteiger partial charge in [-0.3, -0.25) is 4.79 Å². The zero-order valence-electron chi connectivity index (χ0n) is 10.4. The molecule has 2 N–H and O–H groups in total. The summed E-state index contributed by atoms with van der Waals surface area (Å²) in [4.78, 5) is 44.1. The molecule has 1 heterocycles. The Morgan fingerprint density at radius 3 is 2.68 bits per heavy atom. The second-order valence-corrected chi connectivity index (χ2v) is 3.87. The maximum Gasteiger partial charge on any atom is 0.336 e. The average molecular weight is 270 g/mol. The van der Waals surface area contributed by atoms with Crippen LogP contribution in [-0.2, 0) is 23.9 Å². The van der Waals surface area contributed by atoms with Crippen LogP contribution >= 0.6 is 0 Å². The van der Waals surface area contributed by atoms with Crippen LogP contribution in [0.5, 0.6) is 0 Å². The fourth-order valence-corrected chi connectivity index (χ4v) is 1.23. The van der Waals surface area contributed by atoms with E-state index in [1.807, 2.05) is 0 Å². The normalized spacial score (nSPS) is 17.6. The molecule has 0 spiro atoms. The predicted octanol–water partition coefficient (Wildman–Crippen LogP) is -0.753. The zero-order chi connectivity index (χ0) is 14.4. The highest BCUT2D eigenvalue weighted by atomic mass is 16.6. The Labute approximate surface area is 109 Å². The minimum absolute atomic E-state index is 0.0207. The first-order valence-electron chi connectivity index (χ1n) is 5.51. The Morgan fingerprint density at radius 1 is 1.47 bits per heavy atom. The molecule has 1 rings (SSSR count). The van der Waals surface area contributed by atoms with E-state index in [2.05, 4.69) is 21.9 Å². The van der Waals surface area contributed by atoms with Gasteiger partial charge >= 0.3 is 23.9 Å². The first kappa shape index (κ1) is 14.7. The largest absolute Gasteiger partial charge is 0.460 e. The third-order valence-electron chi connectivity index (χ3n) is 2.14. The van der Waals surface area contributed by atoms with Gasteiger partial charge in [-0.2, -0.15) is 0 Å². The molecule has 1 aliphatic heterocycles. The Balaban J connectivity index is 2.18. The smallest absolute Gasteiger partial charge is 0.336 e. The molecule has 1 atom stereocenters. The van der Waals surface area contributed by atoms with E-state index in [1.54, 1.807) is 0 Å². The molecule has 0 aromatic heterocycles. The van der Waals surface area contributed by atoms with E-state index in [-0.39, 0.29) is 25.1 Å². The molecule has 0 saturated carbocycles. The number of nitrogens with one attached hydrogen (secondary N) is 2. The second kappa shape index (κ2) is 6.53. The van der Waals surface area contributed by atoms with E-state index in [1.165, 1.54) is 6.92 Å². The number of cyclic esters (lactones) is 2. The van der Waals surface area contributed by atoms with Crippen molar-refractivity contribution in [2.45, 2.75) is 19.4 Å². The summed E-state index contributed by atoms with van der Waals surface area (Å²) in [7, 11) is 0. The van der Waals surface area contributed by atoms with E-state index in [0.29, 0.717) is 0 Å². The molecule has 0 bridgehead atoms. The molecular weight excluding hydrogens is 256 g/mol. The topological polar surface area (TPSA) is 111 Å². The van der Waals surface area contributed by atoms with Gasteiger partial charge in [-0.1, -0.05) is 6.58 Å². The maximum atomic E-state index is 11.3. The lowest BCUT2D eigenvalue weighted by molar-refractivity contribution is -0.152. The van der Waals surface area contributed by atoms with Crippen molar-refractivity contribution in [3.63, 3.8) is 0 Å². The molecular formula is C11H14N2O6. The molecule has 2 amide bonds. The molecule has 104 valence electrons. The molecule has 1 aliphatic rings. The van der Waals surface area contributed by atoms with Crippen LogP contribution in [0.2, 0.25) is 0 Å². The zero-order valence-corrected chi connectivity index (χ0v) is 10.4. The first-order chi connectivity index (χ1) is 8.90. The number of esters is 3. The summed E-state index contributed by atoms with van der Waals surface area (Å²) in [6.45, 7) is 4.95. The molecule has 1 saturated heterocycles. The number of carbonyl (C=O) groups is 4. The number of hydrogen-bond acceptors (Lipinski definition) is 6. The fourth-order valence-electron chi connectivity index (χ4n) is 1.23. The highest BCUT2D eigenvalue weighted by Crippen LogP contribution is 2.07. The van der Waals surface area contributed by atoms with Crippen molar-refractivity contribution in [3.8, 4) is 0 Å². The van der Waals surface area contributed by atoms with Gasteiger partial charge in [0.25, 0.3) is 0 Å². The van der Waals surface area contributed by atoms with Crippen molar-refractivity contribution in [3.05, 3.63) is 12.2 Å². The van der Waals surface area contributed by atoms with Crippen LogP contribution < -0.4 is 10.6 Å². The maximum absolute atomic E-state index is 11.3. The van der Waals surface area contributed by atoms with E-state index in [4.69, 9.17) is 4.74 Å². The van der Waals surface area contributed by atoms with Gasteiger partial charge in [-0.05, 0) is 6.92 Å². The van der Waals surface area contributed by atoms with Gasteiger partial charge in [0.2, 0.25) is 0 Å². The van der Waals surface area contributed by atoms with Crippen LogP contribution in [0.1, 0.15) is 13.3 Å². The van der Waals surface area contributed by atoms with Crippen molar-refractivity contribution in [2.75, 3.05) is 13.2 Å². The SMILES string of the molecule is C=C(C)C(=O)OCCNC(=O)NC1CC(=O)OC1=O. The number of hydrogen-bond donors (Lipinski definition) is 2. The van der Waals surface area contributed by atoms with Crippen LogP contribution in [0.3, 0.4) is 0 Å².